The largest absolute Gasteiger partial charge is 0.453 e. The molecule has 0 N–H and O–H groups in total. The minimum Gasteiger partial charge on any atom is -0.453 e. The number of rotatable bonds is 3. The minimum atomic E-state index is -0.508. The van der Waals surface area contributed by atoms with Gasteiger partial charge in [0, 0.05) is 62.9 Å². The molecule has 5 nitrogen and oxygen atoms in total. The topological polar surface area (TPSA) is 22.2 Å². The van der Waals surface area contributed by atoms with E-state index in [1.165, 1.54) is 10.9 Å². The zero-order valence-electron chi connectivity index (χ0n) is 35.7. The van der Waals surface area contributed by atoms with Crippen molar-refractivity contribution in [3.05, 3.63) is 206 Å². The second-order valence-corrected chi connectivity index (χ2v) is 16.1. The second-order valence-electron chi connectivity index (χ2n) is 16.1. The van der Waals surface area contributed by atoms with Gasteiger partial charge in [-0.15, -0.1) is 0 Å². The molecule has 14 rings (SSSR count). The highest BCUT2D eigenvalue weighted by Crippen LogP contribution is 2.54. The van der Waals surface area contributed by atoms with Crippen molar-refractivity contribution in [3.63, 3.8) is 0 Å². The van der Waals surface area contributed by atoms with Crippen LogP contribution in [0.15, 0.2) is 206 Å². The van der Waals surface area contributed by atoms with E-state index in [4.69, 9.17) is 4.74 Å². The van der Waals surface area contributed by atoms with Crippen LogP contribution >= 0.6 is 0 Å². The van der Waals surface area contributed by atoms with Gasteiger partial charge in [0.25, 0.3) is 13.4 Å². The van der Waals surface area contributed by atoms with Gasteiger partial charge in [0.1, 0.15) is 0 Å². The number of anilines is 12. The first kappa shape index (κ1) is 30.2. The van der Waals surface area contributed by atoms with E-state index in [0.29, 0.717) is 40.1 Å². The minimum absolute atomic E-state index is 0.157. The fraction of sp³-hybridized carbons (Fsp3) is 0. The van der Waals surface area contributed by atoms with Crippen LogP contribution in [0.2, 0.25) is 0 Å². The SMILES string of the molecule is [2H]c1c2c(c([2H])c3c1N(c1ccccc1)c1ccccc1O3)N(c1ccccc1)c1c([2H])c3c4c5c1B2c1ccccc1N5c1ccccc1B4c1ccccc1N3c1ccccc1. The lowest BCUT2D eigenvalue weighted by Gasteiger charge is -2.51. The lowest BCUT2D eigenvalue weighted by molar-refractivity contribution is 0.477. The van der Waals surface area contributed by atoms with Crippen LogP contribution in [0, 0.1) is 0 Å². The van der Waals surface area contributed by atoms with Gasteiger partial charge in [0.05, 0.1) is 15.5 Å². The summed E-state index contributed by atoms with van der Waals surface area (Å²) in [5, 5.41) is 0. The quantitative estimate of drug-likeness (QED) is 0.166. The van der Waals surface area contributed by atoms with Gasteiger partial charge in [-0.1, -0.05) is 121 Å². The average molecular weight is 780 g/mol. The van der Waals surface area contributed by atoms with Crippen LogP contribution in [0.4, 0.5) is 68.2 Å². The molecule has 0 fully saturated rings. The summed E-state index contributed by atoms with van der Waals surface area (Å²) < 4.78 is 38.9. The zero-order chi connectivity index (χ0) is 42.4. The first-order valence-corrected chi connectivity index (χ1v) is 20.9. The zero-order valence-corrected chi connectivity index (χ0v) is 32.7. The van der Waals surface area contributed by atoms with Crippen LogP contribution < -0.4 is 57.1 Å². The highest BCUT2D eigenvalue weighted by Gasteiger charge is 2.52. The molecule has 0 spiro atoms. The number of nitrogens with zero attached hydrogens (tertiary/aromatic N) is 4. The molecule has 5 aliphatic rings. The third-order valence-corrected chi connectivity index (χ3v) is 13.0. The molecule has 0 saturated heterocycles. The molecule has 0 unspecified atom stereocenters. The molecule has 0 bridgehead atoms. The van der Waals surface area contributed by atoms with Crippen LogP contribution in [0.3, 0.4) is 0 Å². The highest BCUT2D eigenvalue weighted by molar-refractivity contribution is 7.04. The fourth-order valence-corrected chi connectivity index (χ4v) is 10.7. The molecule has 61 heavy (non-hydrogen) atoms. The van der Waals surface area contributed by atoms with E-state index in [2.05, 4.69) is 117 Å². The number of hydrogen-bond donors (Lipinski definition) is 0. The van der Waals surface area contributed by atoms with E-state index in [1.807, 2.05) is 91.0 Å². The van der Waals surface area contributed by atoms with Crippen molar-refractivity contribution < 1.29 is 8.85 Å². The molecule has 0 saturated carbocycles. The molecule has 0 aliphatic carbocycles. The molecule has 0 atom stereocenters. The summed E-state index contributed by atoms with van der Waals surface area (Å²) in [5.74, 6) is 0.912. The summed E-state index contributed by atoms with van der Waals surface area (Å²) in [4.78, 5) is 8.90. The summed E-state index contributed by atoms with van der Waals surface area (Å²) in [6, 6.07) is 65.2. The molecule has 0 amide bonds. The number of ether oxygens (including phenoxy) is 1. The Morgan fingerprint density at radius 3 is 1.26 bits per heavy atom. The summed E-state index contributed by atoms with van der Waals surface area (Å²) >= 11 is 0. The van der Waals surface area contributed by atoms with Gasteiger partial charge in [0.2, 0.25) is 0 Å². The number of benzene rings is 9. The van der Waals surface area contributed by atoms with E-state index in [-0.39, 0.29) is 18.8 Å². The maximum absolute atomic E-state index is 10.9. The van der Waals surface area contributed by atoms with Gasteiger partial charge >= 0.3 is 0 Å². The molecular weight excluding hydrogens is 742 g/mol. The first-order chi connectivity index (χ1) is 31.6. The van der Waals surface area contributed by atoms with E-state index in [0.717, 1.165) is 67.6 Å². The van der Waals surface area contributed by atoms with Gasteiger partial charge in [-0.2, -0.15) is 0 Å². The monoisotopic (exact) mass is 779 g/mol. The predicted molar refractivity (Wildman–Crippen MR) is 255 cm³/mol. The maximum Gasteiger partial charge on any atom is 0.252 e. The van der Waals surface area contributed by atoms with E-state index >= 15 is 0 Å². The van der Waals surface area contributed by atoms with E-state index in [1.54, 1.807) is 0 Å². The highest BCUT2D eigenvalue weighted by atomic mass is 16.5. The molecule has 7 heteroatoms. The van der Waals surface area contributed by atoms with Crippen LogP contribution in [-0.4, -0.2) is 13.4 Å². The van der Waals surface area contributed by atoms with Crippen molar-refractivity contribution in [2.24, 2.45) is 0 Å². The lowest BCUT2D eigenvalue weighted by Crippen LogP contribution is -2.68. The fourth-order valence-electron chi connectivity index (χ4n) is 10.7. The van der Waals surface area contributed by atoms with E-state index in [9.17, 15) is 4.11 Å². The Balaban J connectivity index is 1.18. The van der Waals surface area contributed by atoms with Gasteiger partial charge < -0.3 is 24.3 Å². The Kier molecular flexibility index (Phi) is 6.10. The Morgan fingerprint density at radius 2 is 0.721 bits per heavy atom. The van der Waals surface area contributed by atoms with Crippen molar-refractivity contribution in [1.82, 2.24) is 0 Å². The van der Waals surface area contributed by atoms with Crippen molar-refractivity contribution >= 4 is 114 Å². The average Bonchev–Trinajstić information content (AvgIpc) is 3.36. The summed E-state index contributed by atoms with van der Waals surface area (Å²) in [7, 11) is 0. The number of hydrogen-bond acceptors (Lipinski definition) is 5. The summed E-state index contributed by atoms with van der Waals surface area (Å²) in [6.45, 7) is -0.684. The lowest BCUT2D eigenvalue weighted by atomic mass is 9.28. The van der Waals surface area contributed by atoms with Crippen molar-refractivity contribution in [3.8, 4) is 11.5 Å². The normalized spacial score (nSPS) is 14.9. The van der Waals surface area contributed by atoms with Crippen LogP contribution in [0.5, 0.6) is 11.5 Å². The molecule has 0 radical (unpaired) electrons. The molecule has 0 aromatic heterocycles. The molecule has 5 heterocycles. The molecule has 282 valence electrons. The van der Waals surface area contributed by atoms with E-state index < -0.39 is 6.71 Å². The number of para-hydroxylation sites is 8. The second kappa shape index (κ2) is 12.3. The predicted octanol–water partition coefficient (Wildman–Crippen LogP) is 9.96. The van der Waals surface area contributed by atoms with Crippen molar-refractivity contribution in [2.45, 2.75) is 0 Å². The Morgan fingerprint density at radius 1 is 0.311 bits per heavy atom. The van der Waals surface area contributed by atoms with Crippen molar-refractivity contribution in [1.29, 1.82) is 0 Å². The number of fused-ring (bicyclic) bond motifs is 12. The first-order valence-electron chi connectivity index (χ1n) is 22.4. The van der Waals surface area contributed by atoms with Crippen LogP contribution in [-0.2, 0) is 0 Å². The summed E-state index contributed by atoms with van der Waals surface area (Å²) in [6.07, 6.45) is 0. The van der Waals surface area contributed by atoms with Gasteiger partial charge in [0.15, 0.2) is 11.5 Å². The third kappa shape index (κ3) is 4.42. The Hall–Kier alpha value is -7.89. The van der Waals surface area contributed by atoms with Crippen LogP contribution in [0.25, 0.3) is 0 Å². The van der Waals surface area contributed by atoms with Crippen LogP contribution in [0.1, 0.15) is 4.11 Å². The molecular formula is C54H34B2N4O. The Bertz CT molecular complexity index is 3460. The van der Waals surface area contributed by atoms with Gasteiger partial charge in [-0.25, -0.2) is 0 Å². The standard InChI is InChI=1S/C54H34B2N4O/c1-4-18-35(19-5-1)57-42-27-13-10-24-38(42)55-39-25-11-14-28-43(39)60-44-29-15-12-26-40(44)56-41-32-47-51(61-50-31-17-16-30-45(50)58(47)36-20-6-2-7-21-36)34-46(41)59(37-22-8-3-9-23-37)49-33-48(57)52(55)54(60)53(49)56/h1-34H/i32D,33D,34D. The molecule has 9 aromatic carbocycles. The maximum atomic E-state index is 10.9. The third-order valence-electron chi connectivity index (χ3n) is 13.0. The van der Waals surface area contributed by atoms with Gasteiger partial charge in [-0.05, 0) is 112 Å². The Labute approximate surface area is 359 Å². The van der Waals surface area contributed by atoms with Gasteiger partial charge in [-0.3, -0.25) is 0 Å². The smallest absolute Gasteiger partial charge is 0.252 e. The summed E-state index contributed by atoms with van der Waals surface area (Å²) in [5.41, 5.74) is 16.3. The molecule has 5 aliphatic heterocycles. The van der Waals surface area contributed by atoms with Crippen molar-refractivity contribution in [2.75, 3.05) is 19.6 Å². The molecule has 9 aromatic rings.